The summed E-state index contributed by atoms with van der Waals surface area (Å²) in [6.45, 7) is 6.32. The lowest BCUT2D eigenvalue weighted by Gasteiger charge is -2.27. The minimum absolute atomic E-state index is 0.0691. The summed E-state index contributed by atoms with van der Waals surface area (Å²) in [6, 6.07) is 0.230. The minimum atomic E-state index is -0.0963. The number of rotatable bonds is 8. The molecule has 7 nitrogen and oxygen atoms in total. The van der Waals surface area contributed by atoms with E-state index < -0.39 is 0 Å². The fraction of sp³-hybridized carbons (Fsp3) is 0.882. The highest BCUT2D eigenvalue weighted by Crippen LogP contribution is 2.17. The Hall–Kier alpha value is -1.34. The van der Waals surface area contributed by atoms with Crippen LogP contribution < -0.4 is 21.3 Å². The Morgan fingerprint density at radius 3 is 2.50 bits per heavy atom. The first-order chi connectivity index (χ1) is 11.7. The van der Waals surface area contributed by atoms with Crippen molar-refractivity contribution in [1.29, 1.82) is 0 Å². The lowest BCUT2D eigenvalue weighted by atomic mass is 9.96. The number of nitrogens with zero attached hydrogens (tertiary/aromatic N) is 1. The summed E-state index contributed by atoms with van der Waals surface area (Å²) in [5.74, 6) is 0.0691. The zero-order valence-electron chi connectivity index (χ0n) is 14.7. The zero-order chi connectivity index (χ0) is 17.0. The third-order valence-corrected chi connectivity index (χ3v) is 4.77. The molecule has 0 bridgehead atoms. The van der Waals surface area contributed by atoms with E-state index in [1.807, 2.05) is 0 Å². The molecule has 1 saturated heterocycles. The summed E-state index contributed by atoms with van der Waals surface area (Å²) in [6.07, 6.45) is 7.01. The van der Waals surface area contributed by atoms with Crippen molar-refractivity contribution in [3.8, 4) is 0 Å². The van der Waals surface area contributed by atoms with Crippen molar-refractivity contribution < 1.29 is 9.59 Å². The molecule has 24 heavy (non-hydrogen) atoms. The van der Waals surface area contributed by atoms with E-state index in [4.69, 9.17) is 0 Å². The maximum Gasteiger partial charge on any atom is 0.315 e. The van der Waals surface area contributed by atoms with Crippen LogP contribution in [-0.2, 0) is 4.79 Å². The molecule has 1 heterocycles. The average molecular weight is 339 g/mol. The van der Waals surface area contributed by atoms with Gasteiger partial charge in [0.15, 0.2) is 0 Å². The largest absolute Gasteiger partial charge is 0.355 e. The van der Waals surface area contributed by atoms with Gasteiger partial charge in [0.25, 0.3) is 0 Å². The molecule has 0 radical (unpaired) electrons. The molecule has 7 heteroatoms. The molecule has 0 atom stereocenters. The molecule has 4 N–H and O–H groups in total. The normalized spacial score (nSPS) is 19.7. The van der Waals surface area contributed by atoms with Gasteiger partial charge in [0.1, 0.15) is 0 Å². The summed E-state index contributed by atoms with van der Waals surface area (Å²) in [7, 11) is 0. The van der Waals surface area contributed by atoms with Crippen molar-refractivity contribution in [2.24, 2.45) is 0 Å². The van der Waals surface area contributed by atoms with Gasteiger partial charge >= 0.3 is 6.03 Å². The number of hydrogen-bond donors (Lipinski definition) is 4. The summed E-state index contributed by atoms with van der Waals surface area (Å²) < 4.78 is 0. The molecule has 1 aliphatic carbocycles. The third-order valence-electron chi connectivity index (χ3n) is 4.77. The number of carbonyl (C=O) groups excluding carboxylic acids is 2. The van der Waals surface area contributed by atoms with Crippen molar-refractivity contribution in [2.45, 2.75) is 51.0 Å². The first kappa shape index (κ1) is 19.0. The van der Waals surface area contributed by atoms with Crippen LogP contribution in [0.3, 0.4) is 0 Å². The van der Waals surface area contributed by atoms with E-state index in [9.17, 15) is 9.59 Å². The Labute approximate surface area is 145 Å². The van der Waals surface area contributed by atoms with Gasteiger partial charge in [-0.2, -0.15) is 0 Å². The Morgan fingerprint density at radius 2 is 1.75 bits per heavy atom. The van der Waals surface area contributed by atoms with Crippen LogP contribution in [0.4, 0.5) is 4.79 Å². The molecule has 1 saturated carbocycles. The molecule has 2 fully saturated rings. The second kappa shape index (κ2) is 11.3. The van der Waals surface area contributed by atoms with E-state index in [-0.39, 0.29) is 11.9 Å². The fourth-order valence-corrected chi connectivity index (χ4v) is 3.31. The smallest absolute Gasteiger partial charge is 0.315 e. The van der Waals surface area contributed by atoms with Gasteiger partial charge in [-0.1, -0.05) is 19.3 Å². The van der Waals surface area contributed by atoms with Crippen LogP contribution in [0.5, 0.6) is 0 Å². The summed E-state index contributed by atoms with van der Waals surface area (Å²) >= 11 is 0. The van der Waals surface area contributed by atoms with Crippen LogP contribution in [0.25, 0.3) is 0 Å². The summed E-state index contributed by atoms with van der Waals surface area (Å²) in [5, 5.41) is 12.1. The fourth-order valence-electron chi connectivity index (χ4n) is 3.31. The van der Waals surface area contributed by atoms with E-state index in [0.717, 1.165) is 45.6 Å². The van der Waals surface area contributed by atoms with Crippen molar-refractivity contribution in [3.05, 3.63) is 0 Å². The maximum atomic E-state index is 11.8. The Kier molecular flexibility index (Phi) is 8.91. The summed E-state index contributed by atoms with van der Waals surface area (Å²) in [5.41, 5.74) is 0. The molecule has 2 aliphatic rings. The number of hydrogen-bond acceptors (Lipinski definition) is 4. The minimum Gasteiger partial charge on any atom is -0.355 e. The van der Waals surface area contributed by atoms with Crippen molar-refractivity contribution in [3.63, 3.8) is 0 Å². The first-order valence-corrected chi connectivity index (χ1v) is 9.48. The number of piperazine rings is 1. The van der Waals surface area contributed by atoms with Gasteiger partial charge in [0, 0.05) is 58.3 Å². The van der Waals surface area contributed by atoms with E-state index in [1.165, 1.54) is 19.3 Å². The highest BCUT2D eigenvalue weighted by molar-refractivity contribution is 5.76. The number of nitrogens with one attached hydrogen (secondary N) is 4. The van der Waals surface area contributed by atoms with Crippen LogP contribution >= 0.6 is 0 Å². The standard InChI is InChI=1S/C17H33N5O2/c23-16(19-11-14-22-12-9-18-10-13-22)7-4-8-20-17(24)21-15-5-2-1-3-6-15/h15,18H,1-14H2,(H,19,23)(H2,20,21,24). The lowest BCUT2D eigenvalue weighted by molar-refractivity contribution is -0.121. The van der Waals surface area contributed by atoms with E-state index >= 15 is 0 Å². The SMILES string of the molecule is O=C(CCCNC(=O)NC1CCCCC1)NCCN1CCNCC1. The second-order valence-corrected chi connectivity index (χ2v) is 6.78. The van der Waals surface area contributed by atoms with Gasteiger partial charge in [0.2, 0.25) is 5.91 Å². The number of urea groups is 1. The summed E-state index contributed by atoms with van der Waals surface area (Å²) in [4.78, 5) is 25.9. The average Bonchev–Trinajstić information content (AvgIpc) is 2.60. The molecular formula is C17H33N5O2. The second-order valence-electron chi connectivity index (χ2n) is 6.78. The van der Waals surface area contributed by atoms with Gasteiger partial charge in [-0.3, -0.25) is 9.69 Å². The quantitative estimate of drug-likeness (QED) is 0.483. The van der Waals surface area contributed by atoms with Crippen LogP contribution in [0.15, 0.2) is 0 Å². The van der Waals surface area contributed by atoms with Gasteiger partial charge in [-0.05, 0) is 19.3 Å². The Bertz CT molecular complexity index is 379. The molecule has 3 amide bonds. The van der Waals surface area contributed by atoms with E-state index in [1.54, 1.807) is 0 Å². The molecule has 2 rings (SSSR count). The Balaban J connectivity index is 1.43. The van der Waals surface area contributed by atoms with Crippen LogP contribution in [-0.4, -0.2) is 68.7 Å². The van der Waals surface area contributed by atoms with E-state index in [0.29, 0.717) is 32.0 Å². The van der Waals surface area contributed by atoms with Gasteiger partial charge in [-0.25, -0.2) is 4.79 Å². The maximum absolute atomic E-state index is 11.8. The van der Waals surface area contributed by atoms with E-state index in [2.05, 4.69) is 26.2 Å². The molecule has 1 aliphatic heterocycles. The van der Waals surface area contributed by atoms with Gasteiger partial charge in [-0.15, -0.1) is 0 Å². The molecule has 0 spiro atoms. The number of carbonyl (C=O) groups is 2. The van der Waals surface area contributed by atoms with Crippen LogP contribution in [0.2, 0.25) is 0 Å². The lowest BCUT2D eigenvalue weighted by Crippen LogP contribution is -2.46. The molecule has 0 aromatic rings. The molecule has 0 aromatic heterocycles. The molecule has 138 valence electrons. The van der Waals surface area contributed by atoms with Gasteiger partial charge < -0.3 is 21.3 Å². The van der Waals surface area contributed by atoms with Crippen molar-refractivity contribution in [1.82, 2.24) is 26.2 Å². The predicted molar refractivity (Wildman–Crippen MR) is 95.0 cm³/mol. The first-order valence-electron chi connectivity index (χ1n) is 9.48. The van der Waals surface area contributed by atoms with Crippen molar-refractivity contribution >= 4 is 11.9 Å². The predicted octanol–water partition coefficient (Wildman–Crippen LogP) is 0.420. The highest BCUT2D eigenvalue weighted by atomic mass is 16.2. The number of amides is 3. The van der Waals surface area contributed by atoms with Crippen LogP contribution in [0, 0.1) is 0 Å². The monoisotopic (exact) mass is 339 g/mol. The molecular weight excluding hydrogens is 306 g/mol. The van der Waals surface area contributed by atoms with Crippen molar-refractivity contribution in [2.75, 3.05) is 45.8 Å². The molecule has 0 aromatic carbocycles. The highest BCUT2D eigenvalue weighted by Gasteiger charge is 2.15. The third kappa shape index (κ3) is 7.97. The topological polar surface area (TPSA) is 85.5 Å². The van der Waals surface area contributed by atoms with Crippen LogP contribution in [0.1, 0.15) is 44.9 Å². The zero-order valence-corrected chi connectivity index (χ0v) is 14.7. The van der Waals surface area contributed by atoms with Gasteiger partial charge in [0.05, 0.1) is 0 Å². The Morgan fingerprint density at radius 1 is 1.00 bits per heavy atom. The molecule has 0 unspecified atom stereocenters.